The maximum absolute atomic E-state index is 12.1. The SMILES string of the molecule is CC(C)(C)C(=O)CCCC(=O)[C@H](O)C(C)(C)CO.CC(C)(C)C(=O)CCCC[C@@H]1SC[C@@H]2NC(=O)N[C@@H]21.CC(C)(C)C(=O)[C@@H](N)Cc1c[nH]c2ccc(O)cc12.CC(C)(C)CCCc1c[nH]c2ccc(O)cc12.CC/C=C\CC(=O)C(C)(C)C.CC/C=C\CC(=O)CC(C)(C)C.CC/C=C\CC(C)(C)C(=O)C(C)C.CC/C=C\CC(C)(C)C(=O)CC(C)(C)C. The molecule has 19 heteroatoms. The van der Waals surface area contributed by atoms with Crippen LogP contribution >= 0.6 is 11.8 Å². The van der Waals surface area contributed by atoms with Crippen molar-refractivity contribution in [3.8, 4) is 11.5 Å². The molecular formula is C105H177N5O13S. The zero-order valence-electron chi connectivity index (χ0n) is 83.9. The van der Waals surface area contributed by atoms with Crippen LogP contribution in [-0.4, -0.2) is 125 Å². The number of aliphatic hydroxyl groups is 2. The summed E-state index contributed by atoms with van der Waals surface area (Å²) in [4.78, 5) is 111. The number of hydrogen-bond donors (Lipinski definition) is 9. The number of aromatic amines is 2. The van der Waals surface area contributed by atoms with E-state index in [-0.39, 0.29) is 92.0 Å². The zero-order valence-corrected chi connectivity index (χ0v) is 84.7. The number of phenols is 2. The Bertz CT molecular complexity index is 4000. The Kier molecular flexibility index (Phi) is 53.4. The highest BCUT2D eigenvalue weighted by atomic mass is 32.2. The minimum absolute atomic E-state index is 0.0248. The van der Waals surface area contributed by atoms with Gasteiger partial charge in [0.25, 0.3) is 0 Å². The number of urea groups is 1. The number of benzene rings is 2. The summed E-state index contributed by atoms with van der Waals surface area (Å²) in [5.74, 6) is 3.28. The summed E-state index contributed by atoms with van der Waals surface area (Å²) in [5, 5.41) is 46.4. The van der Waals surface area contributed by atoms with E-state index >= 15 is 0 Å². The standard InChI is InChI=1S/C15H20N2O2.C15H21NO.C14H24N2O2S.C14H26O4.C14H26O.C12H22O.C11H20O.C10H18O/c1-15(2,3)14(19)12(16)6-9-8-17-13-5-4-10(18)7-11(9)13;1-15(2,3)8-4-5-11-10-16-14-7-6-12(17)9-13(11)14;1-14(2,3)11(17)7-5-4-6-10-12-9(8-19-10)15-13(18)16-12;1-13(2,3)11(17)8-6-7-10(16)12(18)14(4,5)9-15;1-7-8-9-10-14(5,6)12(15)11-13(2,3)4;1-6-7-8-9-12(4,5)11(13)10(2)3;1-5-6-7-8-10(12)9-11(2,3)4;1-5-6-7-8-9(11)10(2,3)4/h4-5,7-8,12,17-18H,6,16H2,1-3H3;6-7,9-10,16-17H,4-5,8H2,1-3H3;9-10,12H,4-8H2,1-3H3,(H2,15,16,18);12,15,18H,6-9H2,1-5H3;8-9H,7,10-11H2,1-6H3;7-8,10H,6,9H2,1-5H3;6-7H,5,8-9H2,1-4H3;6-7H,5,8H2,1-4H3/b;;;;9-8-;8-7-;2*7-6-/t12-;;9-,10-,12-;12-;;;;/m0.00..../s1. The van der Waals surface area contributed by atoms with Crippen LogP contribution in [0.3, 0.4) is 0 Å². The molecule has 2 aliphatic rings. The average Bonchev–Trinajstić information content (AvgIpc) is 1.65. The lowest BCUT2D eigenvalue weighted by molar-refractivity contribution is -0.135. The number of H-pyrrole nitrogens is 2. The maximum atomic E-state index is 12.1. The molecular weight excluding hydrogens is 1570 g/mol. The van der Waals surface area contributed by atoms with Crippen molar-refractivity contribution in [3.63, 3.8) is 0 Å². The van der Waals surface area contributed by atoms with Crippen molar-refractivity contribution in [2.75, 3.05) is 12.4 Å². The number of allylic oxidation sites excluding steroid dienone is 8. The molecule has 0 radical (unpaired) electrons. The first kappa shape index (κ1) is 119. The molecule has 6 rings (SSSR count). The van der Waals surface area contributed by atoms with Crippen molar-refractivity contribution >= 4 is 85.9 Å². The topological polar surface area (TPSA) is 316 Å². The van der Waals surface area contributed by atoms with Crippen LogP contribution in [0, 0.1) is 60.1 Å². The van der Waals surface area contributed by atoms with Gasteiger partial charge in [-0.2, -0.15) is 11.8 Å². The van der Waals surface area contributed by atoms with Crippen molar-refractivity contribution in [2.45, 2.75) is 393 Å². The number of aromatic nitrogens is 2. The molecule has 10 N–H and O–H groups in total. The lowest BCUT2D eigenvalue weighted by Gasteiger charge is -2.27. The fraction of sp³-hybridized carbons (Fsp3) is 0.686. The molecule has 0 spiro atoms. The van der Waals surface area contributed by atoms with E-state index in [1.807, 2.05) is 185 Å². The average molecular weight is 1750 g/mol. The van der Waals surface area contributed by atoms with Crippen LogP contribution in [-0.2, 0) is 51.2 Å². The molecule has 2 aliphatic heterocycles. The van der Waals surface area contributed by atoms with Crippen LogP contribution in [0.4, 0.5) is 4.79 Å². The van der Waals surface area contributed by atoms with Crippen LogP contribution in [0.5, 0.6) is 11.5 Å². The molecule has 18 nitrogen and oxygen atoms in total. The third-order valence-corrected chi connectivity index (χ3v) is 22.6. The fourth-order valence-corrected chi connectivity index (χ4v) is 14.6. The lowest BCUT2D eigenvalue weighted by Crippen LogP contribution is -2.40. The second kappa shape index (κ2) is 55.6. The molecule has 5 atom stereocenters. The number of fused-ring (bicyclic) bond motifs is 3. The highest BCUT2D eigenvalue weighted by Gasteiger charge is 2.43. The van der Waals surface area contributed by atoms with E-state index in [1.54, 1.807) is 32.0 Å². The third-order valence-electron chi connectivity index (χ3n) is 21.1. The molecule has 2 amide bonds. The second-order valence-electron chi connectivity index (χ2n) is 43.7. The van der Waals surface area contributed by atoms with Gasteiger partial charge in [-0.25, -0.2) is 4.79 Å². The number of aryl methyl sites for hydroxylation is 1. The Labute approximate surface area is 756 Å². The first-order valence-corrected chi connectivity index (χ1v) is 46.9. The van der Waals surface area contributed by atoms with Crippen LogP contribution in [0.25, 0.3) is 21.8 Å². The van der Waals surface area contributed by atoms with Crippen molar-refractivity contribution in [3.05, 3.63) is 109 Å². The maximum Gasteiger partial charge on any atom is 0.315 e. The Morgan fingerprint density at radius 2 is 0.944 bits per heavy atom. The lowest BCUT2D eigenvalue weighted by atomic mass is 9.77. The molecule has 706 valence electrons. The first-order valence-electron chi connectivity index (χ1n) is 45.9. The molecule has 2 fully saturated rings. The summed E-state index contributed by atoms with van der Waals surface area (Å²) in [6, 6.07) is 10.7. The van der Waals surface area contributed by atoms with E-state index in [1.165, 1.54) is 18.4 Å². The fourth-order valence-electron chi connectivity index (χ4n) is 13.0. The first-order chi connectivity index (χ1) is 56.7. The summed E-state index contributed by atoms with van der Waals surface area (Å²) in [5.41, 5.74) is 8.48. The number of aromatic hydroxyl groups is 2. The molecule has 0 saturated carbocycles. The summed E-state index contributed by atoms with van der Waals surface area (Å²) in [7, 11) is 0. The van der Waals surface area contributed by atoms with Crippen LogP contribution in [0.2, 0.25) is 0 Å². The molecule has 4 heterocycles. The van der Waals surface area contributed by atoms with Crippen LogP contribution in [0.15, 0.2) is 97.4 Å². The monoisotopic (exact) mass is 1750 g/mol. The molecule has 2 aromatic heterocycles. The van der Waals surface area contributed by atoms with Crippen molar-refractivity contribution in [1.82, 2.24) is 20.6 Å². The normalized spacial score (nSPS) is 15.7. The molecule has 0 unspecified atom stereocenters. The predicted molar refractivity (Wildman–Crippen MR) is 523 cm³/mol. The van der Waals surface area contributed by atoms with Gasteiger partial charge in [0.2, 0.25) is 0 Å². The number of hydrogen-bond acceptors (Lipinski definition) is 15. The van der Waals surface area contributed by atoms with Crippen molar-refractivity contribution < 1.29 is 63.6 Å². The Morgan fingerprint density at radius 3 is 1.38 bits per heavy atom. The Morgan fingerprint density at radius 1 is 0.500 bits per heavy atom. The van der Waals surface area contributed by atoms with Gasteiger partial charge in [-0.05, 0) is 147 Å². The van der Waals surface area contributed by atoms with E-state index in [4.69, 9.17) is 10.8 Å². The van der Waals surface area contributed by atoms with Gasteiger partial charge in [0, 0.05) is 134 Å². The number of nitrogens with two attached hydrogens (primary N) is 1. The van der Waals surface area contributed by atoms with Crippen molar-refractivity contribution in [2.24, 2.45) is 65.8 Å². The van der Waals surface area contributed by atoms with Gasteiger partial charge in [-0.3, -0.25) is 38.4 Å². The van der Waals surface area contributed by atoms with Gasteiger partial charge in [0.05, 0.1) is 24.7 Å². The summed E-state index contributed by atoms with van der Waals surface area (Å²) >= 11 is 1.94. The minimum atomic E-state index is -1.17. The number of thioether (sulfide) groups is 1. The molecule has 2 aromatic carbocycles. The van der Waals surface area contributed by atoms with Crippen LogP contribution < -0.4 is 16.4 Å². The molecule has 124 heavy (non-hydrogen) atoms. The number of phenolic OH excluding ortho intramolecular Hbond substituents is 2. The predicted octanol–water partition coefficient (Wildman–Crippen LogP) is 24.9. The second-order valence-corrected chi connectivity index (χ2v) is 45.0. The zero-order chi connectivity index (χ0) is 96.4. The van der Waals surface area contributed by atoms with E-state index in [2.05, 4.69) is 141 Å². The number of Topliss-reactive ketones (excluding diaryl/α,β-unsaturated/α-hetero) is 8. The number of aliphatic hydroxyl groups excluding tert-OH is 2. The number of rotatable bonds is 35. The summed E-state index contributed by atoms with van der Waals surface area (Å²) in [6.07, 6.45) is 36.3. The van der Waals surface area contributed by atoms with Crippen LogP contribution in [0.1, 0.15) is 362 Å². The molecule has 0 aliphatic carbocycles. The molecule has 4 aromatic rings. The summed E-state index contributed by atoms with van der Waals surface area (Å²) < 4.78 is 0. The molecule has 0 bridgehead atoms. The number of nitrogens with one attached hydrogen (secondary N) is 4. The van der Waals surface area contributed by atoms with Crippen molar-refractivity contribution in [1.29, 1.82) is 0 Å². The van der Waals surface area contributed by atoms with E-state index in [9.17, 15) is 58.5 Å². The Hall–Kier alpha value is -7.06. The van der Waals surface area contributed by atoms with E-state index < -0.39 is 23.0 Å². The highest BCUT2D eigenvalue weighted by Crippen LogP contribution is 2.36. The van der Waals surface area contributed by atoms with Gasteiger partial charge >= 0.3 is 6.03 Å². The number of amides is 2. The number of ketones is 8. The van der Waals surface area contributed by atoms with Gasteiger partial charge in [0.1, 0.15) is 52.3 Å². The minimum Gasteiger partial charge on any atom is -0.508 e. The third kappa shape index (κ3) is 51.1. The van der Waals surface area contributed by atoms with Gasteiger partial charge in [0.15, 0.2) is 11.6 Å². The van der Waals surface area contributed by atoms with E-state index in [0.29, 0.717) is 103 Å². The van der Waals surface area contributed by atoms with Gasteiger partial charge < -0.3 is 46.8 Å². The summed E-state index contributed by atoms with van der Waals surface area (Å²) in [6.45, 7) is 65.8. The van der Waals surface area contributed by atoms with Gasteiger partial charge in [-0.1, -0.05) is 284 Å². The Balaban J connectivity index is 0. The van der Waals surface area contributed by atoms with Gasteiger partial charge in [-0.15, -0.1) is 0 Å². The number of unbranched alkanes of at least 4 members (excludes halogenated alkanes) is 1. The van der Waals surface area contributed by atoms with E-state index in [0.717, 1.165) is 97.3 Å². The molecule has 2 saturated heterocycles. The number of carbonyl (C=O) groups excluding carboxylic acids is 9. The largest absolute Gasteiger partial charge is 0.508 e. The quantitative estimate of drug-likeness (QED) is 0.0117. The highest BCUT2D eigenvalue weighted by molar-refractivity contribution is 8.00. The number of carbonyl (C=O) groups is 9. The smallest absolute Gasteiger partial charge is 0.315 e.